The van der Waals surface area contributed by atoms with Gasteiger partial charge in [0.05, 0.1) is 16.5 Å². The van der Waals surface area contributed by atoms with Gasteiger partial charge in [-0.15, -0.1) is 11.8 Å². The molecular weight excluding hydrogens is 240 g/mol. The summed E-state index contributed by atoms with van der Waals surface area (Å²) in [5.41, 5.74) is 0.0428. The van der Waals surface area contributed by atoms with Crippen LogP contribution in [0, 0.1) is 0 Å². The van der Waals surface area contributed by atoms with E-state index in [0.29, 0.717) is 4.58 Å². The Hall–Kier alpha value is -0.420. The van der Waals surface area contributed by atoms with Crippen LogP contribution < -0.4 is 0 Å². The van der Waals surface area contributed by atoms with Gasteiger partial charge in [0.1, 0.15) is 5.76 Å². The lowest BCUT2D eigenvalue weighted by atomic mass is 9.94. The highest BCUT2D eigenvalue weighted by Crippen LogP contribution is 2.33. The van der Waals surface area contributed by atoms with Gasteiger partial charge in [-0.3, -0.25) is 0 Å². The molecule has 0 aliphatic carbocycles. The van der Waals surface area contributed by atoms with Gasteiger partial charge in [-0.25, -0.2) is 9.38 Å². The molecule has 2 heterocycles. The molecular formula is C11H16N2OS2. The normalized spacial score (nSPS) is 20.6. The molecule has 1 aliphatic heterocycles. The van der Waals surface area contributed by atoms with E-state index in [9.17, 15) is 0 Å². The van der Waals surface area contributed by atoms with E-state index >= 15 is 0 Å². The lowest BCUT2D eigenvalue weighted by molar-refractivity contribution is 0.391. The van der Waals surface area contributed by atoms with Crippen molar-refractivity contribution in [1.29, 1.82) is 0 Å². The van der Waals surface area contributed by atoms with E-state index in [-0.39, 0.29) is 5.41 Å². The van der Waals surface area contributed by atoms with Crippen LogP contribution in [-0.4, -0.2) is 15.8 Å². The van der Waals surface area contributed by atoms with E-state index in [2.05, 4.69) is 30.2 Å². The van der Waals surface area contributed by atoms with Crippen molar-refractivity contribution in [3.63, 3.8) is 0 Å². The quantitative estimate of drug-likeness (QED) is 0.774. The summed E-state index contributed by atoms with van der Waals surface area (Å²) < 4.78 is 10.4. The third kappa shape index (κ3) is 3.04. The molecule has 1 aliphatic rings. The lowest BCUT2D eigenvalue weighted by Gasteiger charge is -2.13. The monoisotopic (exact) mass is 256 g/mol. The first-order chi connectivity index (χ1) is 7.55. The van der Waals surface area contributed by atoms with Crippen LogP contribution in [0.4, 0.5) is 0 Å². The van der Waals surface area contributed by atoms with Gasteiger partial charge in [-0.2, -0.15) is 0 Å². The van der Waals surface area contributed by atoms with Crippen molar-refractivity contribution in [2.45, 2.75) is 42.9 Å². The van der Waals surface area contributed by atoms with Crippen LogP contribution in [0.25, 0.3) is 0 Å². The molecule has 1 unspecified atom stereocenters. The molecule has 1 aromatic rings. The number of hydrogen-bond donors (Lipinski definition) is 0. The number of nitrogens with zero attached hydrogens (tertiary/aromatic N) is 2. The van der Waals surface area contributed by atoms with Crippen LogP contribution >= 0.6 is 23.7 Å². The van der Waals surface area contributed by atoms with Gasteiger partial charge in [0.2, 0.25) is 5.89 Å². The van der Waals surface area contributed by atoms with Crippen molar-refractivity contribution in [2.75, 3.05) is 0 Å². The highest BCUT2D eigenvalue weighted by Gasteiger charge is 2.20. The minimum atomic E-state index is 0.0428. The van der Waals surface area contributed by atoms with E-state index < -0.39 is 0 Å². The second-order valence-electron chi connectivity index (χ2n) is 4.74. The van der Waals surface area contributed by atoms with Crippen LogP contribution in [0.2, 0.25) is 0 Å². The predicted molar refractivity (Wildman–Crippen MR) is 71.0 cm³/mol. The topological polar surface area (TPSA) is 38.4 Å². The molecule has 5 heteroatoms. The van der Waals surface area contributed by atoms with Crippen molar-refractivity contribution in [3.05, 3.63) is 17.8 Å². The van der Waals surface area contributed by atoms with E-state index in [4.69, 9.17) is 4.42 Å². The Morgan fingerprint density at radius 3 is 2.94 bits per heavy atom. The molecule has 3 nitrogen and oxygen atoms in total. The summed E-state index contributed by atoms with van der Waals surface area (Å²) in [6, 6.07) is 0. The third-order valence-corrected chi connectivity index (χ3v) is 4.58. The molecule has 16 heavy (non-hydrogen) atoms. The van der Waals surface area contributed by atoms with Gasteiger partial charge in [0.25, 0.3) is 0 Å². The lowest BCUT2D eigenvalue weighted by Crippen LogP contribution is -2.09. The molecule has 0 spiro atoms. The van der Waals surface area contributed by atoms with Crippen molar-refractivity contribution in [2.24, 2.45) is 4.40 Å². The Morgan fingerprint density at radius 2 is 2.38 bits per heavy atom. The standard InChI is InChI=1S/C11H16N2OS2/c1-11(2,3)8-6-12-9(14-8)7-15-10-4-5-13-16-10/h5-6,10H,4,7H2,1-3H3. The second-order valence-corrected chi connectivity index (χ2v) is 7.22. The number of hydrogen-bond acceptors (Lipinski definition) is 5. The van der Waals surface area contributed by atoms with Gasteiger partial charge in [-0.05, 0) is 11.9 Å². The first-order valence-electron chi connectivity index (χ1n) is 5.30. The molecule has 0 saturated heterocycles. The summed E-state index contributed by atoms with van der Waals surface area (Å²) in [4.78, 5) is 4.31. The maximum atomic E-state index is 5.73. The maximum Gasteiger partial charge on any atom is 0.204 e. The summed E-state index contributed by atoms with van der Waals surface area (Å²) in [6.45, 7) is 6.39. The highest BCUT2D eigenvalue weighted by atomic mass is 32.2. The maximum absolute atomic E-state index is 5.73. The Labute approximate surface area is 105 Å². The predicted octanol–water partition coefficient (Wildman–Crippen LogP) is 3.65. The minimum Gasteiger partial charge on any atom is -0.444 e. The zero-order valence-electron chi connectivity index (χ0n) is 9.77. The Bertz CT molecular complexity index is 374. The summed E-state index contributed by atoms with van der Waals surface area (Å²) in [5, 5.41) is 0. The molecule has 0 saturated carbocycles. The molecule has 0 amide bonds. The summed E-state index contributed by atoms with van der Waals surface area (Å²) in [7, 11) is 0. The van der Waals surface area contributed by atoms with E-state index in [1.165, 1.54) is 0 Å². The molecule has 88 valence electrons. The Kier molecular flexibility index (Phi) is 3.64. The van der Waals surface area contributed by atoms with Crippen molar-refractivity contribution in [3.8, 4) is 0 Å². The fourth-order valence-corrected chi connectivity index (χ4v) is 3.03. The number of oxazole rings is 1. The van der Waals surface area contributed by atoms with E-state index in [1.807, 2.05) is 24.2 Å². The van der Waals surface area contributed by atoms with Gasteiger partial charge < -0.3 is 4.42 Å². The van der Waals surface area contributed by atoms with Crippen LogP contribution in [0.3, 0.4) is 0 Å². The summed E-state index contributed by atoms with van der Waals surface area (Å²) in [6.07, 6.45) is 4.86. The Morgan fingerprint density at radius 1 is 1.56 bits per heavy atom. The van der Waals surface area contributed by atoms with Crippen LogP contribution in [0.1, 0.15) is 38.8 Å². The van der Waals surface area contributed by atoms with Gasteiger partial charge in [0.15, 0.2) is 0 Å². The molecule has 1 aromatic heterocycles. The third-order valence-electron chi connectivity index (χ3n) is 2.24. The van der Waals surface area contributed by atoms with Crippen LogP contribution in [0.15, 0.2) is 15.0 Å². The molecule has 0 aromatic carbocycles. The molecule has 0 N–H and O–H groups in total. The molecule has 0 bridgehead atoms. The van der Waals surface area contributed by atoms with Crippen molar-refractivity contribution in [1.82, 2.24) is 4.98 Å². The van der Waals surface area contributed by atoms with Crippen LogP contribution in [-0.2, 0) is 11.2 Å². The number of thioether (sulfide) groups is 1. The number of aromatic nitrogens is 1. The Balaban J connectivity index is 1.88. The summed E-state index contributed by atoms with van der Waals surface area (Å²) in [5.74, 6) is 2.61. The second kappa shape index (κ2) is 4.84. The van der Waals surface area contributed by atoms with Gasteiger partial charge in [0, 0.05) is 18.1 Å². The average Bonchev–Trinajstić information content (AvgIpc) is 2.85. The smallest absolute Gasteiger partial charge is 0.204 e. The average molecular weight is 256 g/mol. The highest BCUT2D eigenvalue weighted by molar-refractivity contribution is 8.16. The zero-order chi connectivity index (χ0) is 11.6. The largest absolute Gasteiger partial charge is 0.444 e. The van der Waals surface area contributed by atoms with Crippen LogP contribution in [0.5, 0.6) is 0 Å². The van der Waals surface area contributed by atoms with E-state index in [0.717, 1.165) is 23.8 Å². The minimum absolute atomic E-state index is 0.0428. The first kappa shape index (κ1) is 12.0. The van der Waals surface area contributed by atoms with Gasteiger partial charge >= 0.3 is 0 Å². The fourth-order valence-electron chi connectivity index (χ4n) is 1.27. The molecule has 2 rings (SSSR count). The van der Waals surface area contributed by atoms with Crippen molar-refractivity contribution < 1.29 is 4.42 Å². The molecule has 1 atom stereocenters. The SMILES string of the molecule is CC(C)(C)c1cnc(CSC2CC=NS2)o1. The molecule has 0 radical (unpaired) electrons. The van der Waals surface area contributed by atoms with E-state index in [1.54, 1.807) is 11.9 Å². The summed E-state index contributed by atoms with van der Waals surface area (Å²) >= 11 is 3.48. The van der Waals surface area contributed by atoms with Crippen molar-refractivity contribution >= 4 is 29.9 Å². The molecule has 0 fully saturated rings. The fraction of sp³-hybridized carbons (Fsp3) is 0.636. The first-order valence-corrected chi connectivity index (χ1v) is 7.18. The number of rotatable bonds is 3. The zero-order valence-corrected chi connectivity index (χ0v) is 11.4. The van der Waals surface area contributed by atoms with Gasteiger partial charge in [-0.1, -0.05) is 20.8 Å².